The van der Waals surface area contributed by atoms with Crippen LogP contribution in [-0.4, -0.2) is 11.1 Å². The van der Waals surface area contributed by atoms with Gasteiger partial charge in [0, 0.05) is 11.5 Å². The van der Waals surface area contributed by atoms with E-state index >= 15 is 0 Å². The quantitative estimate of drug-likeness (QED) is 0.757. The van der Waals surface area contributed by atoms with Crippen LogP contribution < -0.4 is 0 Å². The zero-order chi connectivity index (χ0) is 15.6. The van der Waals surface area contributed by atoms with Crippen LogP contribution in [0.3, 0.4) is 0 Å². The molecule has 2 rings (SSSR count). The van der Waals surface area contributed by atoms with Crippen LogP contribution in [0.25, 0.3) is 0 Å². The first-order valence-electron chi connectivity index (χ1n) is 7.31. The number of benzene rings is 1. The summed E-state index contributed by atoms with van der Waals surface area (Å²) in [6.07, 6.45) is 3.81. The first-order valence-corrected chi connectivity index (χ1v) is 8.11. The van der Waals surface area contributed by atoms with E-state index in [0.717, 1.165) is 19.3 Å². The molecule has 1 saturated carbocycles. The summed E-state index contributed by atoms with van der Waals surface area (Å²) in [5.74, 6) is -3.24. The molecule has 5 heteroatoms. The van der Waals surface area contributed by atoms with Gasteiger partial charge in [-0.05, 0) is 53.2 Å². The lowest BCUT2D eigenvalue weighted by molar-refractivity contribution is -0.144. The van der Waals surface area contributed by atoms with E-state index in [1.165, 1.54) is 12.1 Å². The summed E-state index contributed by atoms with van der Waals surface area (Å²) in [4.78, 5) is 11.5. The Morgan fingerprint density at radius 2 is 2.10 bits per heavy atom. The van der Waals surface area contributed by atoms with Crippen molar-refractivity contribution in [1.82, 2.24) is 0 Å². The molecule has 0 bridgehead atoms. The molecule has 1 aliphatic carbocycles. The van der Waals surface area contributed by atoms with Crippen LogP contribution in [0.1, 0.15) is 50.5 Å². The first kappa shape index (κ1) is 16.4. The second-order valence-electron chi connectivity index (χ2n) is 5.78. The summed E-state index contributed by atoms with van der Waals surface area (Å²) in [6.45, 7) is 2.07. The van der Waals surface area contributed by atoms with E-state index in [0.29, 0.717) is 18.8 Å². The minimum atomic E-state index is -0.964. The van der Waals surface area contributed by atoms with E-state index in [4.69, 9.17) is 0 Å². The Hall–Kier alpha value is -0.970. The van der Waals surface area contributed by atoms with Crippen molar-refractivity contribution in [3.05, 3.63) is 33.8 Å². The van der Waals surface area contributed by atoms with E-state index in [9.17, 15) is 18.7 Å². The van der Waals surface area contributed by atoms with Crippen molar-refractivity contribution >= 4 is 21.9 Å². The van der Waals surface area contributed by atoms with Crippen molar-refractivity contribution in [2.45, 2.75) is 44.9 Å². The van der Waals surface area contributed by atoms with E-state index < -0.39 is 29.4 Å². The van der Waals surface area contributed by atoms with Crippen LogP contribution in [-0.2, 0) is 4.79 Å². The third-order valence-corrected chi connectivity index (χ3v) is 5.04. The van der Waals surface area contributed by atoms with Gasteiger partial charge in [0.05, 0.1) is 10.4 Å². The van der Waals surface area contributed by atoms with Gasteiger partial charge in [-0.2, -0.15) is 0 Å². The predicted octanol–water partition coefficient (Wildman–Crippen LogP) is 5.11. The van der Waals surface area contributed by atoms with Gasteiger partial charge in [-0.1, -0.05) is 19.8 Å². The van der Waals surface area contributed by atoms with E-state index in [1.807, 2.05) is 0 Å². The molecule has 116 valence electrons. The molecule has 3 unspecified atom stereocenters. The summed E-state index contributed by atoms with van der Waals surface area (Å²) in [7, 11) is 0. The van der Waals surface area contributed by atoms with Gasteiger partial charge < -0.3 is 5.11 Å². The number of carboxylic acid groups (broad SMARTS) is 1. The van der Waals surface area contributed by atoms with Gasteiger partial charge in [-0.25, -0.2) is 8.78 Å². The molecule has 0 saturated heterocycles. The minimum Gasteiger partial charge on any atom is -0.481 e. The SMILES string of the molecule is CCCC1CCC(C(=O)O)C(c2c(F)ccc(Br)c2F)C1. The molecule has 3 atom stereocenters. The Balaban J connectivity index is 2.40. The molecule has 0 heterocycles. The highest BCUT2D eigenvalue weighted by Crippen LogP contribution is 2.44. The molecule has 1 aromatic rings. The second-order valence-corrected chi connectivity index (χ2v) is 6.63. The molecular weight excluding hydrogens is 342 g/mol. The lowest BCUT2D eigenvalue weighted by Gasteiger charge is -2.34. The molecule has 0 radical (unpaired) electrons. The number of aliphatic carboxylic acids is 1. The number of carboxylic acids is 1. The van der Waals surface area contributed by atoms with Crippen molar-refractivity contribution in [2.75, 3.05) is 0 Å². The van der Waals surface area contributed by atoms with Gasteiger partial charge in [0.1, 0.15) is 11.6 Å². The molecule has 0 aliphatic heterocycles. The lowest BCUT2D eigenvalue weighted by Crippen LogP contribution is -2.30. The van der Waals surface area contributed by atoms with E-state index in [2.05, 4.69) is 22.9 Å². The van der Waals surface area contributed by atoms with E-state index in [-0.39, 0.29) is 10.0 Å². The largest absolute Gasteiger partial charge is 0.481 e. The van der Waals surface area contributed by atoms with Gasteiger partial charge >= 0.3 is 5.97 Å². The first-order chi connectivity index (χ1) is 9.95. The van der Waals surface area contributed by atoms with Gasteiger partial charge in [0.15, 0.2) is 0 Å². The molecule has 1 aromatic carbocycles. The molecule has 1 aliphatic rings. The number of hydrogen-bond acceptors (Lipinski definition) is 1. The average molecular weight is 361 g/mol. The smallest absolute Gasteiger partial charge is 0.307 e. The summed E-state index contributed by atoms with van der Waals surface area (Å²) in [6, 6.07) is 2.52. The molecule has 21 heavy (non-hydrogen) atoms. The summed E-state index contributed by atoms with van der Waals surface area (Å²) in [5, 5.41) is 9.38. The standard InChI is InChI=1S/C16H19BrF2O2/c1-2-3-9-4-5-10(16(20)21)11(8-9)14-13(18)7-6-12(17)15(14)19/h6-7,9-11H,2-5,8H2,1H3,(H,20,21). The van der Waals surface area contributed by atoms with Gasteiger partial charge in [0.2, 0.25) is 0 Å². The van der Waals surface area contributed by atoms with Gasteiger partial charge in [-0.3, -0.25) is 4.79 Å². The number of carbonyl (C=O) groups is 1. The topological polar surface area (TPSA) is 37.3 Å². The molecule has 1 N–H and O–H groups in total. The minimum absolute atomic E-state index is 0.0717. The third-order valence-electron chi connectivity index (χ3n) is 4.42. The Bertz CT molecular complexity index is 533. The highest BCUT2D eigenvalue weighted by Gasteiger charge is 2.38. The number of hydrogen-bond donors (Lipinski definition) is 1. The molecule has 0 amide bonds. The predicted molar refractivity (Wildman–Crippen MR) is 80.2 cm³/mol. The highest BCUT2D eigenvalue weighted by atomic mass is 79.9. The monoisotopic (exact) mass is 360 g/mol. The molecular formula is C16H19BrF2O2. The summed E-state index contributed by atoms with van der Waals surface area (Å²) >= 11 is 3.06. The van der Waals surface area contributed by atoms with Crippen molar-refractivity contribution < 1.29 is 18.7 Å². The second kappa shape index (κ2) is 6.86. The van der Waals surface area contributed by atoms with Crippen LogP contribution >= 0.6 is 15.9 Å². The summed E-state index contributed by atoms with van der Waals surface area (Å²) in [5.41, 5.74) is -0.0717. The fourth-order valence-corrected chi connectivity index (χ4v) is 3.77. The van der Waals surface area contributed by atoms with Gasteiger partial charge in [0.25, 0.3) is 0 Å². The molecule has 1 fully saturated rings. The Labute approximate surface area is 131 Å². The zero-order valence-corrected chi connectivity index (χ0v) is 13.5. The van der Waals surface area contributed by atoms with Crippen LogP contribution in [0, 0.1) is 23.5 Å². The Morgan fingerprint density at radius 3 is 2.71 bits per heavy atom. The van der Waals surface area contributed by atoms with Crippen LogP contribution in [0.15, 0.2) is 16.6 Å². The number of rotatable bonds is 4. The van der Waals surface area contributed by atoms with Crippen LogP contribution in [0.2, 0.25) is 0 Å². The molecule has 2 nitrogen and oxygen atoms in total. The fraction of sp³-hybridized carbons (Fsp3) is 0.562. The van der Waals surface area contributed by atoms with Crippen LogP contribution in [0.5, 0.6) is 0 Å². The zero-order valence-electron chi connectivity index (χ0n) is 11.9. The maximum atomic E-state index is 14.3. The maximum Gasteiger partial charge on any atom is 0.307 e. The van der Waals surface area contributed by atoms with Crippen molar-refractivity contribution in [2.24, 2.45) is 11.8 Å². The Kier molecular flexibility index (Phi) is 5.36. The number of halogens is 3. The Morgan fingerprint density at radius 1 is 1.38 bits per heavy atom. The van der Waals surface area contributed by atoms with E-state index in [1.54, 1.807) is 0 Å². The summed E-state index contributed by atoms with van der Waals surface area (Å²) < 4.78 is 28.6. The van der Waals surface area contributed by atoms with Gasteiger partial charge in [-0.15, -0.1) is 0 Å². The normalized spacial score (nSPS) is 25.8. The lowest BCUT2D eigenvalue weighted by atomic mass is 9.70. The van der Waals surface area contributed by atoms with Crippen molar-refractivity contribution in [3.63, 3.8) is 0 Å². The fourth-order valence-electron chi connectivity index (χ4n) is 3.43. The highest BCUT2D eigenvalue weighted by molar-refractivity contribution is 9.10. The molecule has 0 spiro atoms. The maximum absolute atomic E-state index is 14.3. The third kappa shape index (κ3) is 3.44. The van der Waals surface area contributed by atoms with Crippen molar-refractivity contribution in [3.8, 4) is 0 Å². The molecule has 0 aromatic heterocycles. The van der Waals surface area contributed by atoms with Crippen molar-refractivity contribution in [1.29, 1.82) is 0 Å². The average Bonchev–Trinajstić information content (AvgIpc) is 2.44. The van der Waals surface area contributed by atoms with Crippen LogP contribution in [0.4, 0.5) is 8.78 Å².